The highest BCUT2D eigenvalue weighted by atomic mass is 16.7. The fourth-order valence-corrected chi connectivity index (χ4v) is 7.92. The number of piperazine rings is 1. The number of carbonyl (C=O) groups excluding carboxylic acids is 3. The number of phenols is 3. The maximum atomic E-state index is 14.4. The van der Waals surface area contributed by atoms with Crippen molar-refractivity contribution in [1.82, 2.24) is 9.91 Å². The first-order valence-corrected chi connectivity index (χ1v) is 19.8. The summed E-state index contributed by atoms with van der Waals surface area (Å²) in [6.07, 6.45) is 4.86. The van der Waals surface area contributed by atoms with Crippen LogP contribution < -0.4 is 10.1 Å². The van der Waals surface area contributed by atoms with Crippen LogP contribution in [0.1, 0.15) is 70.0 Å². The van der Waals surface area contributed by atoms with Crippen molar-refractivity contribution in [3.05, 3.63) is 52.8 Å². The summed E-state index contributed by atoms with van der Waals surface area (Å²) in [5.74, 6) is -8.34. The molecule has 0 radical (unpaired) electrons. The van der Waals surface area contributed by atoms with Gasteiger partial charge in [0.05, 0.1) is 53.0 Å². The van der Waals surface area contributed by atoms with Crippen LogP contribution in [0.3, 0.4) is 0 Å². The fraction of sp³-hybridized carbons (Fsp3) is 0.535. The lowest BCUT2D eigenvalue weighted by Crippen LogP contribution is -2.46. The van der Waals surface area contributed by atoms with Gasteiger partial charge in [-0.15, -0.1) is 0 Å². The van der Waals surface area contributed by atoms with Crippen LogP contribution in [0.25, 0.3) is 10.8 Å². The van der Waals surface area contributed by atoms with Gasteiger partial charge in [0.25, 0.3) is 11.7 Å². The zero-order valence-corrected chi connectivity index (χ0v) is 35.3. The molecule has 16 nitrogen and oxygen atoms in total. The maximum absolute atomic E-state index is 14.4. The number of fused-ring (bicyclic) bond motifs is 14. The molecule has 59 heavy (non-hydrogen) atoms. The molecule has 0 aliphatic carbocycles. The molecule has 0 spiro atoms. The predicted octanol–water partition coefficient (Wildman–Crippen LogP) is 4.34. The number of rotatable bonds is 4. The number of aliphatic hydroxyl groups excluding tert-OH is 2. The van der Waals surface area contributed by atoms with E-state index in [1.807, 2.05) is 7.05 Å². The standard InChI is InChI=1S/C43H58N4O12/c1-21-12-11-13-22(2)42(55)45-33-28(20-44-47-17-15-46(9)16-18-47)37(52)30-31(38(33)53)36(51)26(6)40-32(30)41(54)43(8,59-40)57-19-14-29(56-10)23(3)39(58-27(7)48)25(5)35(50)24(4)34(21)49/h11-14,19-21,23-25,29,34-35,39,49-53H,15-18H2,1-10H3,(H,45,55)/b12-11?,19-14?,22-13?,44-20+/t21-,23-,24+,25-,29-,34-,35+,39+,43-/m0/s1. The number of allylic oxidation sites excluding steroid dienone is 2. The summed E-state index contributed by atoms with van der Waals surface area (Å²) in [4.78, 5) is 42.6. The van der Waals surface area contributed by atoms with Crippen LogP contribution in [-0.2, 0) is 23.8 Å². The van der Waals surface area contributed by atoms with Crippen molar-refractivity contribution in [2.24, 2.45) is 28.8 Å². The molecule has 6 N–H and O–H groups in total. The second-order valence-electron chi connectivity index (χ2n) is 16.1. The summed E-state index contributed by atoms with van der Waals surface area (Å²) in [7, 11) is 3.42. The number of ketones is 1. The Hall–Kier alpha value is -5.16. The van der Waals surface area contributed by atoms with E-state index >= 15 is 0 Å². The number of nitrogens with one attached hydrogen (secondary N) is 1. The molecule has 4 aliphatic rings. The number of nitrogens with zero attached hydrogens (tertiary/aromatic N) is 3. The number of phenolic OH excluding ortho intramolecular Hbond substituents is 3. The molecular formula is C43H58N4O12. The van der Waals surface area contributed by atoms with Gasteiger partial charge in [0, 0.05) is 87.3 Å². The van der Waals surface area contributed by atoms with E-state index in [1.54, 1.807) is 44.9 Å². The van der Waals surface area contributed by atoms with Crippen molar-refractivity contribution >= 4 is 40.3 Å². The van der Waals surface area contributed by atoms with E-state index in [1.165, 1.54) is 59.4 Å². The van der Waals surface area contributed by atoms with Crippen molar-refractivity contribution in [3.8, 4) is 23.0 Å². The van der Waals surface area contributed by atoms with Crippen LogP contribution in [0.4, 0.5) is 5.69 Å². The van der Waals surface area contributed by atoms with Gasteiger partial charge in [-0.05, 0) is 27.0 Å². The third-order valence-corrected chi connectivity index (χ3v) is 11.9. The van der Waals surface area contributed by atoms with E-state index in [0.29, 0.717) is 13.1 Å². The Balaban J connectivity index is 1.70. The van der Waals surface area contributed by atoms with E-state index < -0.39 is 88.8 Å². The van der Waals surface area contributed by atoms with Crippen molar-refractivity contribution in [2.45, 2.75) is 85.6 Å². The monoisotopic (exact) mass is 822 g/mol. The molecule has 5 bridgehead atoms. The van der Waals surface area contributed by atoms with Gasteiger partial charge in [-0.25, -0.2) is 0 Å². The third-order valence-electron chi connectivity index (χ3n) is 11.9. The third kappa shape index (κ3) is 8.91. The summed E-state index contributed by atoms with van der Waals surface area (Å²) in [5, 5.41) is 66.8. The molecule has 4 aliphatic heterocycles. The lowest BCUT2D eigenvalue weighted by Gasteiger charge is -2.38. The molecule has 1 amide bonds. The number of ether oxygens (including phenoxy) is 4. The molecule has 4 heterocycles. The van der Waals surface area contributed by atoms with Crippen molar-refractivity contribution in [1.29, 1.82) is 0 Å². The van der Waals surface area contributed by atoms with Gasteiger partial charge in [0.15, 0.2) is 5.75 Å². The van der Waals surface area contributed by atoms with Crippen LogP contribution >= 0.6 is 0 Å². The van der Waals surface area contributed by atoms with Gasteiger partial charge in [-0.1, -0.05) is 45.9 Å². The number of aliphatic hydroxyl groups is 2. The minimum atomic E-state index is -2.04. The Kier molecular flexibility index (Phi) is 13.7. The molecule has 322 valence electrons. The van der Waals surface area contributed by atoms with E-state index in [4.69, 9.17) is 18.9 Å². The quantitative estimate of drug-likeness (QED) is 0.109. The highest BCUT2D eigenvalue weighted by molar-refractivity contribution is 6.23. The minimum Gasteiger partial charge on any atom is -0.507 e. The van der Waals surface area contributed by atoms with Gasteiger partial charge >= 0.3 is 11.8 Å². The van der Waals surface area contributed by atoms with E-state index in [-0.39, 0.29) is 44.5 Å². The second-order valence-corrected chi connectivity index (χ2v) is 16.1. The number of methoxy groups -OCH3 is 1. The van der Waals surface area contributed by atoms with Crippen LogP contribution in [-0.4, -0.2) is 130 Å². The Morgan fingerprint density at radius 1 is 0.949 bits per heavy atom. The Morgan fingerprint density at radius 3 is 2.24 bits per heavy atom. The molecule has 1 saturated heterocycles. The van der Waals surface area contributed by atoms with Crippen molar-refractivity contribution < 1.29 is 58.9 Å². The predicted molar refractivity (Wildman–Crippen MR) is 220 cm³/mol. The summed E-state index contributed by atoms with van der Waals surface area (Å²) >= 11 is 0. The van der Waals surface area contributed by atoms with Gasteiger partial charge in [0.1, 0.15) is 23.4 Å². The topological polar surface area (TPSA) is 220 Å². The number of hydrazone groups is 1. The minimum absolute atomic E-state index is 0.0559. The second kappa shape index (κ2) is 18.0. The zero-order chi connectivity index (χ0) is 43.7. The molecular weight excluding hydrogens is 764 g/mol. The largest absolute Gasteiger partial charge is 0.507 e. The molecule has 16 heteroatoms. The number of benzene rings is 2. The van der Waals surface area contributed by atoms with Gasteiger partial charge in [0.2, 0.25) is 0 Å². The number of hydrogen-bond acceptors (Lipinski definition) is 15. The molecule has 6 rings (SSSR count). The van der Waals surface area contributed by atoms with Crippen LogP contribution in [0.15, 0.2) is 41.2 Å². The number of hydrogen-bond donors (Lipinski definition) is 6. The first kappa shape index (κ1) is 44.9. The molecule has 9 atom stereocenters. The van der Waals surface area contributed by atoms with Gasteiger partial charge in [-0.2, -0.15) is 5.10 Å². The van der Waals surface area contributed by atoms with Crippen LogP contribution in [0.5, 0.6) is 23.0 Å². The SMILES string of the molecule is CO[C@H]1C=CO[C@@]2(C)Oc3c(C)c(O)c4c(O)c(c(/C=N/N5CCN(C)CC5)c(O)c4c3C2=O)NC(=O)C(C)=CC=C[C@H](C)[C@H](O)[C@@H](C)[C@@H](O)[C@H](C)[C@H](OC(C)=O)[C@H]1C. The first-order valence-electron chi connectivity index (χ1n) is 19.8. The average molecular weight is 823 g/mol. The molecule has 1 fully saturated rings. The first-order chi connectivity index (χ1) is 27.7. The smallest absolute Gasteiger partial charge is 0.312 e. The summed E-state index contributed by atoms with van der Waals surface area (Å²) in [5.41, 5.74) is -0.350. The maximum Gasteiger partial charge on any atom is 0.312 e. The number of carbonyl (C=O) groups is 3. The van der Waals surface area contributed by atoms with Crippen LogP contribution in [0.2, 0.25) is 0 Å². The molecule has 0 aromatic heterocycles. The number of Topliss-reactive ketones (excluding diaryl/α,β-unsaturated/α-hetero) is 1. The molecule has 2 aromatic rings. The summed E-state index contributed by atoms with van der Waals surface area (Å²) in [6.45, 7) is 15.1. The van der Waals surface area contributed by atoms with Crippen LogP contribution in [0, 0.1) is 30.6 Å². The van der Waals surface area contributed by atoms with Gasteiger partial charge < -0.3 is 54.7 Å². The molecule has 0 saturated carbocycles. The number of esters is 1. The fourth-order valence-electron chi connectivity index (χ4n) is 7.92. The highest BCUT2D eigenvalue weighted by Gasteiger charge is 2.50. The summed E-state index contributed by atoms with van der Waals surface area (Å²) < 4.78 is 23.6. The number of anilines is 1. The van der Waals surface area contributed by atoms with E-state index in [2.05, 4.69) is 15.3 Å². The lowest BCUT2D eigenvalue weighted by atomic mass is 9.78. The van der Waals surface area contributed by atoms with E-state index in [0.717, 1.165) is 13.1 Å². The Morgan fingerprint density at radius 2 is 1.61 bits per heavy atom. The lowest BCUT2D eigenvalue weighted by molar-refractivity contribution is -0.160. The normalized spacial score (nSPS) is 30.1. The van der Waals surface area contributed by atoms with E-state index in [9.17, 15) is 39.9 Å². The Bertz CT molecular complexity index is 2070. The number of amides is 1. The molecule has 0 unspecified atom stereocenters. The molecule has 2 aromatic carbocycles. The zero-order valence-electron chi connectivity index (χ0n) is 35.3. The number of likely N-dealkylation sites (N-methyl/N-ethyl adjacent to an activating group) is 1. The number of aromatic hydroxyl groups is 3. The average Bonchev–Trinajstić information content (AvgIpc) is 3.46. The van der Waals surface area contributed by atoms with Crippen molar-refractivity contribution in [3.63, 3.8) is 0 Å². The Labute approximate surface area is 344 Å². The van der Waals surface area contributed by atoms with Crippen molar-refractivity contribution in [2.75, 3.05) is 45.7 Å². The van der Waals surface area contributed by atoms with Gasteiger partial charge in [-0.3, -0.25) is 19.4 Å². The summed E-state index contributed by atoms with van der Waals surface area (Å²) in [6, 6.07) is 0. The highest BCUT2D eigenvalue weighted by Crippen LogP contribution is 2.55.